The molecule has 1 aliphatic heterocycles. The minimum Gasteiger partial charge on any atom is -0.497 e. The first kappa shape index (κ1) is 17.7. The van der Waals surface area contributed by atoms with E-state index in [0.717, 1.165) is 30.6 Å². The van der Waals surface area contributed by atoms with Crippen molar-refractivity contribution in [3.63, 3.8) is 0 Å². The zero-order valence-electron chi connectivity index (χ0n) is 13.6. The van der Waals surface area contributed by atoms with Crippen LogP contribution >= 0.6 is 0 Å². The molecule has 0 aliphatic carbocycles. The molecular weight excluding hydrogens is 316 g/mol. The number of methoxy groups -OCH3 is 1. The van der Waals surface area contributed by atoms with Crippen LogP contribution in [0.15, 0.2) is 24.3 Å². The predicted octanol–water partition coefficient (Wildman–Crippen LogP) is 1.03. The number of hydrogen-bond acceptors (Lipinski definition) is 4. The van der Waals surface area contributed by atoms with Crippen LogP contribution in [0.3, 0.4) is 0 Å². The summed E-state index contributed by atoms with van der Waals surface area (Å²) >= 11 is 0. The molecule has 1 aliphatic rings. The van der Waals surface area contributed by atoms with E-state index in [1.54, 1.807) is 7.11 Å². The molecule has 2 rings (SSSR count). The lowest BCUT2D eigenvalue weighted by Crippen LogP contribution is -2.45. The van der Waals surface area contributed by atoms with Gasteiger partial charge >= 0.3 is 0 Å². The summed E-state index contributed by atoms with van der Waals surface area (Å²) < 4.78 is 29.7. The normalized spacial score (nSPS) is 19.3. The van der Waals surface area contributed by atoms with Crippen LogP contribution < -0.4 is 10.1 Å². The monoisotopic (exact) mass is 340 g/mol. The highest BCUT2D eigenvalue weighted by Crippen LogP contribution is 2.18. The summed E-state index contributed by atoms with van der Waals surface area (Å²) in [6, 6.07) is 7.72. The minimum absolute atomic E-state index is 0.0631. The number of piperidine rings is 1. The number of carbonyl (C=O) groups excluding carboxylic acids is 1. The highest BCUT2D eigenvalue weighted by molar-refractivity contribution is 7.88. The van der Waals surface area contributed by atoms with E-state index in [9.17, 15) is 13.2 Å². The van der Waals surface area contributed by atoms with Gasteiger partial charge in [-0.05, 0) is 37.0 Å². The molecule has 0 saturated carbocycles. The predicted molar refractivity (Wildman–Crippen MR) is 88.8 cm³/mol. The number of nitrogens with one attached hydrogen (secondary N) is 1. The van der Waals surface area contributed by atoms with Crippen molar-refractivity contribution in [3.8, 4) is 5.75 Å². The van der Waals surface area contributed by atoms with Crippen LogP contribution in [0.2, 0.25) is 0 Å². The molecule has 1 atom stereocenters. The Labute approximate surface area is 137 Å². The highest BCUT2D eigenvalue weighted by Gasteiger charge is 2.29. The van der Waals surface area contributed by atoms with E-state index in [4.69, 9.17) is 4.74 Å². The van der Waals surface area contributed by atoms with Crippen LogP contribution in [0.25, 0.3) is 0 Å². The molecular formula is C16H24N2O4S. The number of amides is 1. The third kappa shape index (κ3) is 5.21. The SMILES string of the molecule is COc1ccc(CCNC(=O)[C@H]2CCCN(S(C)(=O)=O)C2)cc1. The van der Waals surface area contributed by atoms with Gasteiger partial charge in [-0.1, -0.05) is 12.1 Å². The summed E-state index contributed by atoms with van der Waals surface area (Å²) in [5.41, 5.74) is 1.12. The van der Waals surface area contributed by atoms with E-state index in [1.165, 1.54) is 10.6 Å². The van der Waals surface area contributed by atoms with Crippen molar-refractivity contribution in [1.82, 2.24) is 9.62 Å². The van der Waals surface area contributed by atoms with Gasteiger partial charge in [-0.25, -0.2) is 12.7 Å². The highest BCUT2D eigenvalue weighted by atomic mass is 32.2. The Balaban J connectivity index is 1.80. The first-order valence-corrected chi connectivity index (χ1v) is 9.61. The van der Waals surface area contributed by atoms with E-state index in [2.05, 4.69) is 5.32 Å². The van der Waals surface area contributed by atoms with Gasteiger partial charge in [-0.3, -0.25) is 4.79 Å². The second kappa shape index (κ2) is 7.79. The molecule has 23 heavy (non-hydrogen) atoms. The number of hydrogen-bond donors (Lipinski definition) is 1. The summed E-state index contributed by atoms with van der Waals surface area (Å²) in [4.78, 5) is 12.2. The van der Waals surface area contributed by atoms with Crippen LogP contribution in [-0.4, -0.2) is 51.6 Å². The van der Waals surface area contributed by atoms with Gasteiger partial charge in [0.2, 0.25) is 15.9 Å². The smallest absolute Gasteiger partial charge is 0.224 e. The Morgan fingerprint density at radius 2 is 2.04 bits per heavy atom. The van der Waals surface area contributed by atoms with Crippen molar-refractivity contribution in [2.75, 3.05) is 33.0 Å². The largest absolute Gasteiger partial charge is 0.497 e. The van der Waals surface area contributed by atoms with Gasteiger partial charge in [0.15, 0.2) is 0 Å². The quantitative estimate of drug-likeness (QED) is 0.839. The van der Waals surface area contributed by atoms with Crippen molar-refractivity contribution in [3.05, 3.63) is 29.8 Å². The summed E-state index contributed by atoms with van der Waals surface area (Å²) in [6.45, 7) is 1.34. The Bertz CT molecular complexity index is 628. The third-order valence-electron chi connectivity index (χ3n) is 4.10. The molecule has 1 aromatic rings. The van der Waals surface area contributed by atoms with E-state index in [-0.39, 0.29) is 18.4 Å². The van der Waals surface area contributed by atoms with Gasteiger partial charge in [0.25, 0.3) is 0 Å². The Morgan fingerprint density at radius 3 is 2.65 bits per heavy atom. The number of benzene rings is 1. The Morgan fingerprint density at radius 1 is 1.35 bits per heavy atom. The van der Waals surface area contributed by atoms with Crippen molar-refractivity contribution >= 4 is 15.9 Å². The molecule has 1 N–H and O–H groups in total. The van der Waals surface area contributed by atoms with E-state index < -0.39 is 10.0 Å². The topological polar surface area (TPSA) is 75.7 Å². The van der Waals surface area contributed by atoms with Gasteiger partial charge in [-0.15, -0.1) is 0 Å². The van der Waals surface area contributed by atoms with Gasteiger partial charge in [0, 0.05) is 19.6 Å². The van der Waals surface area contributed by atoms with Crippen LogP contribution in [0.4, 0.5) is 0 Å². The fourth-order valence-corrected chi connectivity index (χ4v) is 3.64. The molecule has 1 amide bonds. The van der Waals surface area contributed by atoms with E-state index in [0.29, 0.717) is 13.1 Å². The number of nitrogens with zero attached hydrogens (tertiary/aromatic N) is 1. The first-order valence-electron chi connectivity index (χ1n) is 7.76. The average molecular weight is 340 g/mol. The molecule has 1 saturated heterocycles. The third-order valence-corrected chi connectivity index (χ3v) is 5.37. The maximum Gasteiger partial charge on any atom is 0.224 e. The number of ether oxygens (including phenoxy) is 1. The minimum atomic E-state index is -3.22. The zero-order valence-corrected chi connectivity index (χ0v) is 14.4. The van der Waals surface area contributed by atoms with Crippen LogP contribution in [-0.2, 0) is 21.2 Å². The molecule has 128 valence electrons. The van der Waals surface area contributed by atoms with Crippen LogP contribution in [0.5, 0.6) is 5.75 Å². The molecule has 0 radical (unpaired) electrons. The molecule has 0 unspecified atom stereocenters. The van der Waals surface area contributed by atoms with Gasteiger partial charge < -0.3 is 10.1 Å². The summed E-state index contributed by atoms with van der Waals surface area (Å²) in [6.07, 6.45) is 3.39. The molecule has 1 fully saturated rings. The lowest BCUT2D eigenvalue weighted by Gasteiger charge is -2.30. The summed E-state index contributed by atoms with van der Waals surface area (Å²) in [5.74, 6) is 0.488. The fraction of sp³-hybridized carbons (Fsp3) is 0.562. The maximum atomic E-state index is 12.2. The Kier molecular flexibility index (Phi) is 6.01. The first-order chi connectivity index (χ1) is 10.9. The lowest BCUT2D eigenvalue weighted by molar-refractivity contribution is -0.126. The average Bonchev–Trinajstić information content (AvgIpc) is 2.54. The van der Waals surface area contributed by atoms with Gasteiger partial charge in [0.1, 0.15) is 5.75 Å². The summed E-state index contributed by atoms with van der Waals surface area (Å²) in [7, 11) is -1.60. The Hall–Kier alpha value is -1.60. The number of rotatable bonds is 6. The second-order valence-corrected chi connectivity index (χ2v) is 7.83. The molecule has 0 bridgehead atoms. The summed E-state index contributed by atoms with van der Waals surface area (Å²) in [5, 5.41) is 2.91. The molecule has 7 heteroatoms. The number of sulfonamides is 1. The van der Waals surface area contributed by atoms with Crippen molar-refractivity contribution in [2.24, 2.45) is 5.92 Å². The standard InChI is InChI=1S/C16H24N2O4S/c1-22-15-7-5-13(6-8-15)9-10-17-16(19)14-4-3-11-18(12-14)23(2,20)21/h5-8,14H,3-4,9-12H2,1-2H3,(H,17,19)/t14-/m0/s1. The fourth-order valence-electron chi connectivity index (χ4n) is 2.72. The van der Waals surface area contributed by atoms with Crippen LogP contribution in [0.1, 0.15) is 18.4 Å². The molecule has 0 spiro atoms. The molecule has 1 heterocycles. The maximum absolute atomic E-state index is 12.2. The lowest BCUT2D eigenvalue weighted by atomic mass is 9.99. The van der Waals surface area contributed by atoms with Gasteiger partial charge in [0.05, 0.1) is 19.3 Å². The van der Waals surface area contributed by atoms with Crippen LogP contribution in [0, 0.1) is 5.92 Å². The van der Waals surface area contributed by atoms with Gasteiger partial charge in [-0.2, -0.15) is 0 Å². The van der Waals surface area contributed by atoms with E-state index >= 15 is 0 Å². The molecule has 1 aromatic carbocycles. The molecule has 6 nitrogen and oxygen atoms in total. The molecule has 0 aromatic heterocycles. The number of carbonyl (C=O) groups is 1. The van der Waals surface area contributed by atoms with E-state index in [1.807, 2.05) is 24.3 Å². The second-order valence-electron chi connectivity index (χ2n) is 5.85. The zero-order chi connectivity index (χ0) is 16.9. The van der Waals surface area contributed by atoms with Crippen molar-refractivity contribution in [2.45, 2.75) is 19.3 Å². The van der Waals surface area contributed by atoms with Crippen molar-refractivity contribution < 1.29 is 17.9 Å². The van der Waals surface area contributed by atoms with Crippen molar-refractivity contribution in [1.29, 1.82) is 0 Å².